The van der Waals surface area contributed by atoms with Gasteiger partial charge in [0.25, 0.3) is 0 Å². The van der Waals surface area contributed by atoms with Crippen LogP contribution in [0.4, 0.5) is 0 Å². The largest absolute Gasteiger partial charge is 0.463 e. The van der Waals surface area contributed by atoms with Gasteiger partial charge in [-0.25, -0.2) is 0 Å². The molecule has 0 aliphatic rings. The maximum atomic E-state index is 5.49. The highest BCUT2D eigenvalue weighted by Gasteiger charge is 2.10. The van der Waals surface area contributed by atoms with Crippen molar-refractivity contribution >= 4 is 34.5 Å². The SMILES string of the molecule is CSc1cc2ccoc2c(SC)c1C. The van der Waals surface area contributed by atoms with E-state index in [-0.39, 0.29) is 0 Å². The van der Waals surface area contributed by atoms with Crippen molar-refractivity contribution in [3.05, 3.63) is 24.0 Å². The average molecular weight is 224 g/mol. The molecule has 1 heterocycles. The molecule has 14 heavy (non-hydrogen) atoms. The Labute approximate surface area is 92.2 Å². The van der Waals surface area contributed by atoms with Gasteiger partial charge >= 0.3 is 0 Å². The first-order chi connectivity index (χ1) is 6.77. The lowest BCUT2D eigenvalue weighted by Crippen LogP contribution is -1.84. The van der Waals surface area contributed by atoms with Gasteiger partial charge in [0.15, 0.2) is 0 Å². The van der Waals surface area contributed by atoms with Crippen LogP contribution in [0.3, 0.4) is 0 Å². The minimum Gasteiger partial charge on any atom is -0.463 e. The predicted molar refractivity (Wildman–Crippen MR) is 64.5 cm³/mol. The van der Waals surface area contributed by atoms with E-state index in [1.54, 1.807) is 29.8 Å². The van der Waals surface area contributed by atoms with E-state index in [0.717, 1.165) is 5.58 Å². The molecule has 2 aromatic rings. The third-order valence-corrected chi connectivity index (χ3v) is 4.09. The van der Waals surface area contributed by atoms with Crippen molar-refractivity contribution in [2.75, 3.05) is 12.5 Å². The molecule has 74 valence electrons. The van der Waals surface area contributed by atoms with Gasteiger partial charge in [0.2, 0.25) is 0 Å². The fourth-order valence-corrected chi connectivity index (χ4v) is 3.09. The van der Waals surface area contributed by atoms with Crippen molar-refractivity contribution < 1.29 is 4.42 Å². The Morgan fingerprint density at radius 2 is 2.00 bits per heavy atom. The number of hydrogen-bond donors (Lipinski definition) is 0. The molecule has 1 aromatic heterocycles. The van der Waals surface area contributed by atoms with Crippen LogP contribution in [0.5, 0.6) is 0 Å². The molecule has 0 unspecified atom stereocenters. The molecule has 1 aromatic carbocycles. The highest BCUT2D eigenvalue weighted by Crippen LogP contribution is 2.36. The zero-order chi connectivity index (χ0) is 10.1. The van der Waals surface area contributed by atoms with E-state index < -0.39 is 0 Å². The highest BCUT2D eigenvalue weighted by molar-refractivity contribution is 7.99. The lowest BCUT2D eigenvalue weighted by Gasteiger charge is -2.08. The third kappa shape index (κ3) is 1.44. The molecule has 0 amide bonds. The van der Waals surface area contributed by atoms with Gasteiger partial charge < -0.3 is 4.42 Å². The Bertz CT molecular complexity index is 460. The van der Waals surface area contributed by atoms with Gasteiger partial charge in [-0.3, -0.25) is 0 Å². The van der Waals surface area contributed by atoms with Gasteiger partial charge in [-0.15, -0.1) is 23.5 Å². The monoisotopic (exact) mass is 224 g/mol. The molecule has 0 fully saturated rings. The number of furan rings is 1. The van der Waals surface area contributed by atoms with Crippen molar-refractivity contribution in [3.63, 3.8) is 0 Å². The average Bonchev–Trinajstić information content (AvgIpc) is 2.64. The van der Waals surface area contributed by atoms with Crippen LogP contribution in [0.2, 0.25) is 0 Å². The molecular weight excluding hydrogens is 212 g/mol. The summed E-state index contributed by atoms with van der Waals surface area (Å²) in [7, 11) is 0. The Kier molecular flexibility index (Phi) is 2.79. The number of rotatable bonds is 2. The van der Waals surface area contributed by atoms with Crippen LogP contribution in [0.15, 0.2) is 32.6 Å². The van der Waals surface area contributed by atoms with E-state index in [1.807, 2.05) is 6.07 Å². The van der Waals surface area contributed by atoms with Crippen LogP contribution in [-0.4, -0.2) is 12.5 Å². The summed E-state index contributed by atoms with van der Waals surface area (Å²) in [5.41, 5.74) is 2.35. The van der Waals surface area contributed by atoms with Crippen molar-refractivity contribution in [1.29, 1.82) is 0 Å². The summed E-state index contributed by atoms with van der Waals surface area (Å²) in [6.45, 7) is 2.15. The number of thioether (sulfide) groups is 2. The number of hydrogen-bond acceptors (Lipinski definition) is 3. The Morgan fingerprint density at radius 1 is 1.21 bits per heavy atom. The van der Waals surface area contributed by atoms with Crippen LogP contribution in [0.25, 0.3) is 11.0 Å². The predicted octanol–water partition coefficient (Wildman–Crippen LogP) is 4.19. The second-order valence-corrected chi connectivity index (χ2v) is 4.74. The zero-order valence-corrected chi connectivity index (χ0v) is 10.1. The van der Waals surface area contributed by atoms with Gasteiger partial charge in [-0.2, -0.15) is 0 Å². The van der Waals surface area contributed by atoms with Crippen LogP contribution in [0, 0.1) is 6.92 Å². The first-order valence-corrected chi connectivity index (χ1v) is 6.81. The second-order valence-electron chi connectivity index (χ2n) is 3.08. The molecule has 3 heteroatoms. The number of fused-ring (bicyclic) bond motifs is 1. The summed E-state index contributed by atoms with van der Waals surface area (Å²) in [4.78, 5) is 2.60. The topological polar surface area (TPSA) is 13.1 Å². The fourth-order valence-electron chi connectivity index (χ4n) is 1.61. The maximum Gasteiger partial charge on any atom is 0.147 e. The molecule has 0 spiro atoms. The smallest absolute Gasteiger partial charge is 0.147 e. The molecule has 0 aliphatic heterocycles. The summed E-state index contributed by atoms with van der Waals surface area (Å²) in [6.07, 6.45) is 5.96. The number of benzene rings is 1. The molecule has 0 atom stereocenters. The standard InChI is InChI=1S/C11H12OS2/c1-7-9(13-2)6-8-4-5-12-10(8)11(7)14-3/h4-6H,1-3H3. The van der Waals surface area contributed by atoms with E-state index in [4.69, 9.17) is 4.42 Å². The molecule has 0 aliphatic carbocycles. The van der Waals surface area contributed by atoms with Gasteiger partial charge in [0.05, 0.1) is 11.2 Å². The fraction of sp³-hybridized carbons (Fsp3) is 0.273. The first-order valence-electron chi connectivity index (χ1n) is 4.36. The van der Waals surface area contributed by atoms with Gasteiger partial charge in [-0.1, -0.05) is 0 Å². The van der Waals surface area contributed by atoms with Crippen molar-refractivity contribution in [2.45, 2.75) is 16.7 Å². The summed E-state index contributed by atoms with van der Waals surface area (Å²) in [5.74, 6) is 0. The molecule has 0 N–H and O–H groups in total. The summed E-state index contributed by atoms with van der Waals surface area (Å²) in [6, 6.07) is 4.22. The molecule has 2 rings (SSSR count). The second kappa shape index (κ2) is 3.91. The van der Waals surface area contributed by atoms with Crippen molar-refractivity contribution in [2.24, 2.45) is 0 Å². The van der Waals surface area contributed by atoms with Crippen LogP contribution in [0.1, 0.15) is 5.56 Å². The third-order valence-electron chi connectivity index (χ3n) is 2.32. The quantitative estimate of drug-likeness (QED) is 0.710. The summed E-state index contributed by atoms with van der Waals surface area (Å²) >= 11 is 3.54. The zero-order valence-electron chi connectivity index (χ0n) is 8.46. The summed E-state index contributed by atoms with van der Waals surface area (Å²) in [5, 5.41) is 1.20. The molecule has 0 bridgehead atoms. The van der Waals surface area contributed by atoms with Crippen molar-refractivity contribution in [1.82, 2.24) is 0 Å². The molecule has 1 nitrogen and oxygen atoms in total. The Balaban J connectivity index is 2.80. The van der Waals surface area contributed by atoms with Gasteiger partial charge in [0.1, 0.15) is 5.58 Å². The van der Waals surface area contributed by atoms with Crippen LogP contribution in [-0.2, 0) is 0 Å². The lowest BCUT2D eigenvalue weighted by molar-refractivity contribution is 0.607. The Hall–Kier alpha value is -0.540. The minimum absolute atomic E-state index is 1.02. The van der Waals surface area contributed by atoms with E-state index >= 15 is 0 Å². The minimum atomic E-state index is 1.02. The van der Waals surface area contributed by atoms with E-state index in [0.29, 0.717) is 0 Å². The lowest BCUT2D eigenvalue weighted by atomic mass is 10.2. The molecule has 0 saturated carbocycles. The Morgan fingerprint density at radius 3 is 2.64 bits per heavy atom. The normalized spacial score (nSPS) is 11.1. The van der Waals surface area contributed by atoms with Crippen molar-refractivity contribution in [3.8, 4) is 0 Å². The first kappa shape index (κ1) is 9.99. The summed E-state index contributed by atoms with van der Waals surface area (Å²) < 4.78 is 5.49. The van der Waals surface area contributed by atoms with Crippen LogP contribution >= 0.6 is 23.5 Å². The highest BCUT2D eigenvalue weighted by atomic mass is 32.2. The van der Waals surface area contributed by atoms with Crippen LogP contribution < -0.4 is 0 Å². The molecule has 0 radical (unpaired) electrons. The molecular formula is C11H12OS2. The molecule has 0 saturated heterocycles. The van der Waals surface area contributed by atoms with E-state index in [2.05, 4.69) is 25.5 Å². The van der Waals surface area contributed by atoms with Gasteiger partial charge in [-0.05, 0) is 37.1 Å². The maximum absolute atomic E-state index is 5.49. The van der Waals surface area contributed by atoms with E-state index in [9.17, 15) is 0 Å². The van der Waals surface area contributed by atoms with Gasteiger partial charge in [0, 0.05) is 10.3 Å². The van der Waals surface area contributed by atoms with E-state index in [1.165, 1.54) is 20.7 Å².